The van der Waals surface area contributed by atoms with Gasteiger partial charge in [0.25, 0.3) is 10.0 Å². The lowest BCUT2D eigenvalue weighted by atomic mass is 9.96. The summed E-state index contributed by atoms with van der Waals surface area (Å²) in [4.78, 5) is 49.3. The summed E-state index contributed by atoms with van der Waals surface area (Å²) in [6, 6.07) is 12.0. The Morgan fingerprint density at radius 3 is 2.04 bits per heavy atom. The van der Waals surface area contributed by atoms with Gasteiger partial charge in [0.15, 0.2) is 0 Å². The van der Waals surface area contributed by atoms with Gasteiger partial charge in [-0.2, -0.15) is 0 Å². The normalized spacial score (nSPS) is 17.3. The van der Waals surface area contributed by atoms with Crippen LogP contribution >= 0.6 is 0 Å². The first-order valence-electron chi connectivity index (χ1n) is 16.5. The lowest BCUT2D eigenvalue weighted by Crippen LogP contribution is -2.56. The van der Waals surface area contributed by atoms with Crippen LogP contribution in [-0.4, -0.2) is 91.3 Å². The predicted octanol–water partition coefficient (Wildman–Crippen LogP) is 5.71. The Hall–Kier alpha value is -3.91. The highest BCUT2D eigenvalue weighted by molar-refractivity contribution is 7.89. The maximum atomic E-state index is 13.8. The minimum atomic E-state index is -4.09. The number of aliphatic imine (C=N–C) groups is 1. The number of hydrogen-bond acceptors (Lipinski definition) is 7. The zero-order valence-electron chi connectivity index (χ0n) is 29.1. The van der Waals surface area contributed by atoms with Gasteiger partial charge in [-0.1, -0.05) is 37.3 Å². The van der Waals surface area contributed by atoms with E-state index in [0.29, 0.717) is 44.9 Å². The number of fused-ring (bicyclic) bond motifs is 1. The third-order valence-electron chi connectivity index (χ3n) is 8.10. The van der Waals surface area contributed by atoms with E-state index in [0.717, 1.165) is 23.6 Å². The Morgan fingerprint density at radius 1 is 0.854 bits per heavy atom. The van der Waals surface area contributed by atoms with Crippen molar-refractivity contribution in [2.75, 3.05) is 32.7 Å². The van der Waals surface area contributed by atoms with Gasteiger partial charge < -0.3 is 19.3 Å². The van der Waals surface area contributed by atoms with Crippen LogP contribution < -0.4 is 10.1 Å². The molecular weight excluding hydrogens is 636 g/mol. The van der Waals surface area contributed by atoms with E-state index in [1.165, 1.54) is 11.1 Å². The smallest absolute Gasteiger partial charge is 0.437 e. The Kier molecular flexibility index (Phi) is 11.6. The molecule has 2 heterocycles. The van der Waals surface area contributed by atoms with Crippen molar-refractivity contribution < 1.29 is 32.3 Å². The van der Waals surface area contributed by atoms with Crippen LogP contribution in [0.25, 0.3) is 10.8 Å². The molecule has 2 aliphatic heterocycles. The minimum absolute atomic E-state index is 0.00401. The first-order valence-corrected chi connectivity index (χ1v) is 18.0. The minimum Gasteiger partial charge on any atom is -0.444 e. The molecule has 2 aromatic rings. The summed E-state index contributed by atoms with van der Waals surface area (Å²) in [5.74, 6) is 0.411. The second-order valence-electron chi connectivity index (χ2n) is 14.6. The van der Waals surface area contributed by atoms with Gasteiger partial charge in [-0.15, -0.1) is 9.82 Å². The van der Waals surface area contributed by atoms with Crippen LogP contribution in [0.2, 0.25) is 0 Å². The number of likely N-dealkylation sites (tertiary alicyclic amines) is 2. The highest BCUT2D eigenvalue weighted by Crippen LogP contribution is 2.24. The van der Waals surface area contributed by atoms with Crippen molar-refractivity contribution in [3.8, 4) is 0 Å². The molecule has 2 saturated heterocycles. The molecule has 4 amide bonds. The Labute approximate surface area is 284 Å². The predicted molar refractivity (Wildman–Crippen MR) is 184 cm³/mol. The maximum Gasteiger partial charge on any atom is 0.437 e. The summed E-state index contributed by atoms with van der Waals surface area (Å²) >= 11 is 0. The molecule has 0 unspecified atom stereocenters. The van der Waals surface area contributed by atoms with E-state index in [9.17, 15) is 22.8 Å². The molecule has 2 aromatic carbocycles. The quantitative estimate of drug-likeness (QED) is 0.231. The average Bonchev–Trinajstić information content (AvgIpc) is 2.98. The second-order valence-corrected chi connectivity index (χ2v) is 16.3. The molecule has 0 bridgehead atoms. The topological polar surface area (TPSA) is 150 Å². The summed E-state index contributed by atoms with van der Waals surface area (Å²) in [7, 11) is -4.09. The number of amides is 4. The third kappa shape index (κ3) is 10.8. The number of sulfonamides is 1. The monoisotopic (exact) mass is 686 g/mol. The van der Waals surface area contributed by atoms with Gasteiger partial charge >= 0.3 is 18.2 Å². The number of nitrogens with one attached hydrogen (secondary N) is 2. The zero-order chi connectivity index (χ0) is 35.3. The first kappa shape index (κ1) is 36.9. The summed E-state index contributed by atoms with van der Waals surface area (Å²) in [5.41, 5.74) is -1.55. The number of benzene rings is 2. The van der Waals surface area contributed by atoms with Crippen molar-refractivity contribution in [2.24, 2.45) is 16.8 Å². The number of guanidine groups is 1. The molecule has 0 atom stereocenters. The molecule has 0 radical (unpaired) electrons. The molecule has 2 aliphatic rings. The number of hydrazine groups is 1. The Balaban J connectivity index is 1.50. The van der Waals surface area contributed by atoms with Gasteiger partial charge in [0, 0.05) is 32.7 Å². The molecule has 0 aliphatic carbocycles. The molecule has 0 spiro atoms. The Morgan fingerprint density at radius 2 is 1.44 bits per heavy atom. The Bertz CT molecular complexity index is 1600. The van der Waals surface area contributed by atoms with Gasteiger partial charge in [0.05, 0.1) is 4.90 Å². The number of ether oxygens (including phenoxy) is 2. The fraction of sp³-hybridized carbons (Fsp3) is 0.588. The van der Waals surface area contributed by atoms with Crippen LogP contribution in [0.5, 0.6) is 0 Å². The number of carbonyl (C=O) groups excluding carboxylic acids is 3. The third-order valence-corrected chi connectivity index (χ3v) is 9.44. The van der Waals surface area contributed by atoms with Gasteiger partial charge in [-0.25, -0.2) is 27.8 Å². The first-order chi connectivity index (χ1) is 22.4. The molecule has 48 heavy (non-hydrogen) atoms. The highest BCUT2D eigenvalue weighted by atomic mass is 32.2. The molecule has 2 fully saturated rings. The summed E-state index contributed by atoms with van der Waals surface area (Å²) in [6.45, 7) is 14.5. The standard InChI is InChI=1S/C34H50N6O7S/c1-24-14-18-39(19-15-24)32(43)40(37-48(44,45)28-13-12-26-10-8-9-11-27(26)22-28)23-25-16-20-38(21-17-25)29(35-30(41)46-33(2,3)4)36-31(42)47-34(5,6)7/h8-13,22,24-25,37H,14-21,23H2,1-7H3,(H,35,36,41,42). The molecule has 2 N–H and O–H groups in total. The van der Waals surface area contributed by atoms with Crippen molar-refractivity contribution in [1.82, 2.24) is 25.0 Å². The fourth-order valence-electron chi connectivity index (χ4n) is 5.59. The van der Waals surface area contributed by atoms with Crippen LogP contribution in [0.3, 0.4) is 0 Å². The molecule has 0 saturated carbocycles. The van der Waals surface area contributed by atoms with Crippen LogP contribution in [-0.2, 0) is 19.5 Å². The van der Waals surface area contributed by atoms with Gasteiger partial charge in [0.2, 0.25) is 5.96 Å². The number of urea groups is 1. The largest absolute Gasteiger partial charge is 0.444 e. The van der Waals surface area contributed by atoms with E-state index in [-0.39, 0.29) is 29.3 Å². The zero-order valence-corrected chi connectivity index (χ0v) is 29.9. The van der Waals surface area contributed by atoms with Gasteiger partial charge in [-0.05, 0) is 102 Å². The molecule has 4 rings (SSSR count). The number of carbonyl (C=O) groups is 3. The summed E-state index contributed by atoms with van der Waals surface area (Å²) in [5, 5.41) is 5.51. The van der Waals surface area contributed by atoms with Crippen LogP contribution in [0, 0.1) is 11.8 Å². The number of alkyl carbamates (subject to hydrolysis) is 1. The van der Waals surface area contributed by atoms with Crippen molar-refractivity contribution in [2.45, 2.75) is 90.2 Å². The molecule has 264 valence electrons. The number of rotatable bonds is 5. The van der Waals surface area contributed by atoms with Crippen LogP contribution in [0.15, 0.2) is 52.4 Å². The van der Waals surface area contributed by atoms with Crippen LogP contribution in [0.1, 0.15) is 74.1 Å². The number of nitrogens with zero attached hydrogens (tertiary/aromatic N) is 4. The second kappa shape index (κ2) is 15.1. The maximum absolute atomic E-state index is 13.8. The summed E-state index contributed by atoms with van der Waals surface area (Å²) < 4.78 is 38.1. The van der Waals surface area contributed by atoms with E-state index >= 15 is 0 Å². The molecular formula is C34H50N6O7S. The van der Waals surface area contributed by atoms with Gasteiger partial charge in [-0.3, -0.25) is 5.32 Å². The van der Waals surface area contributed by atoms with Crippen molar-refractivity contribution >= 4 is 45.0 Å². The van der Waals surface area contributed by atoms with Crippen molar-refractivity contribution in [3.05, 3.63) is 42.5 Å². The molecule has 13 nitrogen and oxygen atoms in total. The number of hydrogen-bond donors (Lipinski definition) is 2. The SMILES string of the molecule is CC1CCN(C(=O)N(CC2CCN(/C(=N\C(=O)OC(C)(C)C)NC(=O)OC(C)(C)C)CC2)NS(=O)(=O)c2ccc3ccccc3c2)CC1. The van der Waals surface area contributed by atoms with Crippen molar-refractivity contribution in [3.63, 3.8) is 0 Å². The van der Waals surface area contributed by atoms with E-state index < -0.39 is 33.4 Å². The lowest BCUT2D eigenvalue weighted by molar-refractivity contribution is 0.0551. The van der Waals surface area contributed by atoms with E-state index in [1.54, 1.807) is 63.5 Å². The van der Waals surface area contributed by atoms with Crippen molar-refractivity contribution in [1.29, 1.82) is 0 Å². The molecule has 0 aromatic heterocycles. The fourth-order valence-corrected chi connectivity index (χ4v) is 6.66. The lowest BCUT2D eigenvalue weighted by Gasteiger charge is -2.38. The highest BCUT2D eigenvalue weighted by Gasteiger charge is 2.33. The van der Waals surface area contributed by atoms with E-state index in [4.69, 9.17) is 9.47 Å². The van der Waals surface area contributed by atoms with Crippen LogP contribution in [0.4, 0.5) is 14.4 Å². The average molecular weight is 687 g/mol. The van der Waals surface area contributed by atoms with E-state index in [2.05, 4.69) is 22.1 Å². The van der Waals surface area contributed by atoms with E-state index in [1.807, 2.05) is 24.3 Å². The molecule has 14 heteroatoms. The summed E-state index contributed by atoms with van der Waals surface area (Å²) in [6.07, 6.45) is 1.14. The number of piperidine rings is 2. The van der Waals surface area contributed by atoms with Gasteiger partial charge in [0.1, 0.15) is 11.2 Å².